The largest absolute Gasteiger partial charge is 0.219 e. The van der Waals surface area contributed by atoms with Gasteiger partial charge in [0.1, 0.15) is 0 Å². The first-order valence-electron chi connectivity index (χ1n) is 4.24. The lowest BCUT2D eigenvalue weighted by Crippen LogP contribution is -1.94. The first-order valence-corrected chi connectivity index (χ1v) is 5.79. The van der Waals surface area contributed by atoms with Gasteiger partial charge in [-0.05, 0) is 18.6 Å². The molecule has 2 nitrogen and oxygen atoms in total. The van der Waals surface area contributed by atoms with Gasteiger partial charge in [0.15, 0.2) is 9.84 Å². The third-order valence-electron chi connectivity index (χ3n) is 1.65. The highest BCUT2D eigenvalue weighted by Crippen LogP contribution is 2.11. The van der Waals surface area contributed by atoms with E-state index in [0.717, 1.165) is 0 Å². The highest BCUT2D eigenvalue weighted by atomic mass is 32.2. The van der Waals surface area contributed by atoms with Crippen LogP contribution in [0.15, 0.2) is 59.4 Å². The molecule has 0 amide bonds. The predicted octanol–water partition coefficient (Wildman–Crippen LogP) is 2.55. The Hall–Kier alpha value is -1.35. The molecule has 0 aliphatic rings. The summed E-state index contributed by atoms with van der Waals surface area (Å²) in [6.45, 7) is 3.51. The first kappa shape index (κ1) is 10.7. The second-order valence-electron chi connectivity index (χ2n) is 2.75. The second kappa shape index (κ2) is 4.77. The van der Waals surface area contributed by atoms with Crippen molar-refractivity contribution in [3.05, 3.63) is 54.5 Å². The van der Waals surface area contributed by atoms with Crippen LogP contribution in [0.25, 0.3) is 0 Å². The summed E-state index contributed by atoms with van der Waals surface area (Å²) in [5, 5.41) is 1.21. The maximum absolute atomic E-state index is 11.6. The standard InChI is InChI=1S/C11H12O2S/c1-2-3-7-10-14(12,13)11-8-5-4-6-9-11/h2,4-10H,1,3H2. The zero-order chi connectivity index (χ0) is 10.4. The van der Waals surface area contributed by atoms with E-state index in [2.05, 4.69) is 6.58 Å². The molecule has 14 heavy (non-hydrogen) atoms. The topological polar surface area (TPSA) is 34.1 Å². The van der Waals surface area contributed by atoms with Crippen LogP contribution in [0.5, 0.6) is 0 Å². The van der Waals surface area contributed by atoms with Crippen LogP contribution < -0.4 is 0 Å². The van der Waals surface area contributed by atoms with E-state index in [1.165, 1.54) is 5.41 Å². The predicted molar refractivity (Wildman–Crippen MR) is 57.6 cm³/mol. The van der Waals surface area contributed by atoms with Crippen LogP contribution in [-0.2, 0) is 9.84 Å². The summed E-state index contributed by atoms with van der Waals surface area (Å²) in [7, 11) is -3.26. The Balaban J connectivity index is 2.92. The monoisotopic (exact) mass is 208 g/mol. The molecule has 0 saturated carbocycles. The molecule has 0 N–H and O–H groups in total. The van der Waals surface area contributed by atoms with Crippen molar-refractivity contribution in [3.63, 3.8) is 0 Å². The van der Waals surface area contributed by atoms with E-state index in [-0.39, 0.29) is 0 Å². The molecule has 0 aliphatic heterocycles. The van der Waals surface area contributed by atoms with Crippen molar-refractivity contribution in [2.24, 2.45) is 0 Å². The van der Waals surface area contributed by atoms with Crippen LogP contribution in [0.1, 0.15) is 6.42 Å². The van der Waals surface area contributed by atoms with Gasteiger partial charge in [0.05, 0.1) is 4.90 Å². The maximum Gasteiger partial charge on any atom is 0.199 e. The van der Waals surface area contributed by atoms with Gasteiger partial charge in [-0.2, -0.15) is 0 Å². The smallest absolute Gasteiger partial charge is 0.199 e. The van der Waals surface area contributed by atoms with Crippen LogP contribution in [0.2, 0.25) is 0 Å². The Labute approximate surface area is 84.5 Å². The summed E-state index contributed by atoms with van der Waals surface area (Å²) in [6, 6.07) is 8.34. The quantitative estimate of drug-likeness (QED) is 0.712. The van der Waals surface area contributed by atoms with Crippen molar-refractivity contribution in [3.8, 4) is 0 Å². The lowest BCUT2D eigenvalue weighted by atomic mass is 10.4. The lowest BCUT2D eigenvalue weighted by molar-refractivity contribution is 0.604. The zero-order valence-corrected chi connectivity index (χ0v) is 8.57. The normalized spacial score (nSPS) is 11.7. The van der Waals surface area contributed by atoms with E-state index in [0.29, 0.717) is 11.3 Å². The second-order valence-corrected chi connectivity index (χ2v) is 4.59. The van der Waals surface area contributed by atoms with Gasteiger partial charge >= 0.3 is 0 Å². The van der Waals surface area contributed by atoms with Crippen molar-refractivity contribution in [1.29, 1.82) is 0 Å². The Morgan fingerprint density at radius 1 is 1.21 bits per heavy atom. The summed E-state index contributed by atoms with van der Waals surface area (Å²) >= 11 is 0. The molecule has 0 atom stereocenters. The lowest BCUT2D eigenvalue weighted by Gasteiger charge is -1.96. The number of allylic oxidation sites excluding steroid dienone is 2. The number of rotatable bonds is 4. The van der Waals surface area contributed by atoms with Crippen LogP contribution >= 0.6 is 0 Å². The van der Waals surface area contributed by atoms with Crippen LogP contribution in [-0.4, -0.2) is 8.42 Å². The minimum atomic E-state index is -3.26. The van der Waals surface area contributed by atoms with Crippen LogP contribution in [0.4, 0.5) is 0 Å². The van der Waals surface area contributed by atoms with Gasteiger partial charge in [0, 0.05) is 5.41 Å². The minimum Gasteiger partial charge on any atom is -0.219 e. The Morgan fingerprint density at radius 3 is 2.43 bits per heavy atom. The fraction of sp³-hybridized carbons (Fsp3) is 0.0909. The number of sulfone groups is 1. The fourth-order valence-electron chi connectivity index (χ4n) is 0.967. The van der Waals surface area contributed by atoms with Crippen molar-refractivity contribution in [2.45, 2.75) is 11.3 Å². The molecule has 0 aromatic heterocycles. The molecule has 0 heterocycles. The van der Waals surface area contributed by atoms with Gasteiger partial charge in [-0.15, -0.1) is 6.58 Å². The maximum atomic E-state index is 11.6. The summed E-state index contributed by atoms with van der Waals surface area (Å²) in [6.07, 6.45) is 3.79. The molecule has 0 saturated heterocycles. The van der Waals surface area contributed by atoms with Gasteiger partial charge in [-0.25, -0.2) is 8.42 Å². The molecule has 0 fully saturated rings. The average molecular weight is 208 g/mol. The van der Waals surface area contributed by atoms with E-state index >= 15 is 0 Å². The van der Waals surface area contributed by atoms with E-state index in [1.54, 1.807) is 42.5 Å². The highest BCUT2D eigenvalue weighted by Gasteiger charge is 2.07. The van der Waals surface area contributed by atoms with Crippen molar-refractivity contribution < 1.29 is 8.42 Å². The summed E-state index contributed by atoms with van der Waals surface area (Å²) in [5.74, 6) is 0. The third-order valence-corrected chi connectivity index (χ3v) is 3.13. The molecule has 74 valence electrons. The van der Waals surface area contributed by atoms with Gasteiger partial charge in [0.2, 0.25) is 0 Å². The van der Waals surface area contributed by atoms with Gasteiger partial charge < -0.3 is 0 Å². The number of hydrogen-bond acceptors (Lipinski definition) is 2. The van der Waals surface area contributed by atoms with E-state index < -0.39 is 9.84 Å². The molecule has 1 rings (SSSR count). The third kappa shape index (κ3) is 2.85. The molecule has 3 heteroatoms. The number of hydrogen-bond donors (Lipinski definition) is 0. The minimum absolute atomic E-state index is 0.320. The van der Waals surface area contributed by atoms with Crippen molar-refractivity contribution in [2.75, 3.05) is 0 Å². The summed E-state index contributed by atoms with van der Waals surface area (Å²) in [5.41, 5.74) is 0. The Bertz CT molecular complexity index is 416. The van der Waals surface area contributed by atoms with E-state index in [1.807, 2.05) is 0 Å². The van der Waals surface area contributed by atoms with Gasteiger partial charge in [-0.3, -0.25) is 0 Å². The highest BCUT2D eigenvalue weighted by molar-refractivity contribution is 7.94. The van der Waals surface area contributed by atoms with Crippen LogP contribution in [0.3, 0.4) is 0 Å². The molecule has 0 unspecified atom stereocenters. The fourth-order valence-corrected chi connectivity index (χ4v) is 2.03. The van der Waals surface area contributed by atoms with Crippen molar-refractivity contribution in [1.82, 2.24) is 0 Å². The van der Waals surface area contributed by atoms with Crippen LogP contribution in [0, 0.1) is 0 Å². The molecule has 0 spiro atoms. The Morgan fingerprint density at radius 2 is 1.86 bits per heavy atom. The summed E-state index contributed by atoms with van der Waals surface area (Å²) < 4.78 is 23.2. The SMILES string of the molecule is C=CCC=CS(=O)(=O)c1ccccc1. The molecule has 1 aromatic rings. The molecule has 0 aliphatic carbocycles. The molecule has 1 aromatic carbocycles. The Kier molecular flexibility index (Phi) is 3.65. The molecular formula is C11H12O2S. The molecule has 0 bridgehead atoms. The molecule has 0 radical (unpaired) electrons. The average Bonchev–Trinajstić information content (AvgIpc) is 2.19. The zero-order valence-electron chi connectivity index (χ0n) is 7.76. The van der Waals surface area contributed by atoms with Crippen molar-refractivity contribution >= 4 is 9.84 Å². The van der Waals surface area contributed by atoms with E-state index in [4.69, 9.17) is 0 Å². The van der Waals surface area contributed by atoms with Gasteiger partial charge in [0.25, 0.3) is 0 Å². The summed E-state index contributed by atoms with van der Waals surface area (Å²) in [4.78, 5) is 0.320. The first-order chi connectivity index (χ1) is 6.67. The number of benzene rings is 1. The van der Waals surface area contributed by atoms with E-state index in [9.17, 15) is 8.42 Å². The van der Waals surface area contributed by atoms with Gasteiger partial charge in [-0.1, -0.05) is 30.4 Å². The molecular weight excluding hydrogens is 196 g/mol.